The Labute approximate surface area is 132 Å². The summed E-state index contributed by atoms with van der Waals surface area (Å²) in [4.78, 5) is 2.66. The Bertz CT molecular complexity index is 371. The molecule has 1 heterocycles. The van der Waals surface area contributed by atoms with E-state index in [0.29, 0.717) is 16.9 Å². The SMILES string of the molecule is CC(C)N1CCCC(NC2C3(C)CCC(C3)C2(C)C)CC1. The molecule has 122 valence electrons. The van der Waals surface area contributed by atoms with Gasteiger partial charge < -0.3 is 10.2 Å². The summed E-state index contributed by atoms with van der Waals surface area (Å²) >= 11 is 0. The number of likely N-dealkylation sites (tertiary alicyclic amines) is 1. The van der Waals surface area contributed by atoms with Crippen LogP contribution < -0.4 is 5.32 Å². The van der Waals surface area contributed by atoms with Gasteiger partial charge in [-0.3, -0.25) is 0 Å². The van der Waals surface area contributed by atoms with Crippen LogP contribution in [0.3, 0.4) is 0 Å². The van der Waals surface area contributed by atoms with Gasteiger partial charge in [0.2, 0.25) is 0 Å². The van der Waals surface area contributed by atoms with E-state index in [-0.39, 0.29) is 0 Å². The molecule has 0 aromatic rings. The highest BCUT2D eigenvalue weighted by Crippen LogP contribution is 2.62. The second-order valence-corrected chi connectivity index (χ2v) is 9.27. The molecule has 3 rings (SSSR count). The quantitative estimate of drug-likeness (QED) is 0.844. The molecule has 4 unspecified atom stereocenters. The Morgan fingerprint density at radius 2 is 1.81 bits per heavy atom. The number of hydrogen-bond donors (Lipinski definition) is 1. The van der Waals surface area contributed by atoms with E-state index in [4.69, 9.17) is 0 Å². The number of rotatable bonds is 3. The zero-order valence-electron chi connectivity index (χ0n) is 14.9. The van der Waals surface area contributed by atoms with Gasteiger partial charge in [-0.25, -0.2) is 0 Å². The molecule has 2 nitrogen and oxygen atoms in total. The molecule has 1 saturated heterocycles. The maximum atomic E-state index is 4.15. The summed E-state index contributed by atoms with van der Waals surface area (Å²) in [7, 11) is 0. The van der Waals surface area contributed by atoms with Crippen LogP contribution >= 0.6 is 0 Å². The Morgan fingerprint density at radius 3 is 2.43 bits per heavy atom. The monoisotopic (exact) mass is 292 g/mol. The molecule has 2 heteroatoms. The standard InChI is InChI=1S/C19H36N2/c1-14(2)21-11-6-7-16(9-12-21)20-17-18(3,4)15-8-10-19(17,5)13-15/h14-17,20H,6-13H2,1-5H3. The fourth-order valence-corrected chi connectivity index (χ4v) is 5.76. The molecule has 2 bridgehead atoms. The van der Waals surface area contributed by atoms with Crippen molar-refractivity contribution in [3.63, 3.8) is 0 Å². The molecule has 0 spiro atoms. The maximum Gasteiger partial charge on any atom is 0.0177 e. The van der Waals surface area contributed by atoms with Gasteiger partial charge in [0.25, 0.3) is 0 Å². The third kappa shape index (κ3) is 2.79. The molecule has 0 aromatic heterocycles. The van der Waals surface area contributed by atoms with Crippen LogP contribution in [0, 0.1) is 16.7 Å². The highest BCUT2D eigenvalue weighted by atomic mass is 15.2. The molecule has 1 N–H and O–H groups in total. The van der Waals surface area contributed by atoms with E-state index in [1.807, 2.05) is 0 Å². The lowest BCUT2D eigenvalue weighted by Gasteiger charge is -2.45. The number of nitrogens with one attached hydrogen (secondary N) is 1. The summed E-state index contributed by atoms with van der Waals surface area (Å²) in [6.07, 6.45) is 8.45. The van der Waals surface area contributed by atoms with Crippen molar-refractivity contribution in [3.05, 3.63) is 0 Å². The van der Waals surface area contributed by atoms with Gasteiger partial charge in [0.15, 0.2) is 0 Å². The summed E-state index contributed by atoms with van der Waals surface area (Å²) in [5.74, 6) is 0.956. The molecule has 0 aromatic carbocycles. The van der Waals surface area contributed by atoms with Crippen molar-refractivity contribution >= 4 is 0 Å². The molecule has 4 atom stereocenters. The van der Waals surface area contributed by atoms with Gasteiger partial charge in [0.05, 0.1) is 0 Å². The van der Waals surface area contributed by atoms with E-state index in [9.17, 15) is 0 Å². The fourth-order valence-electron chi connectivity index (χ4n) is 5.76. The van der Waals surface area contributed by atoms with Gasteiger partial charge in [-0.05, 0) is 82.2 Å². The summed E-state index contributed by atoms with van der Waals surface area (Å²) < 4.78 is 0. The summed E-state index contributed by atoms with van der Waals surface area (Å²) in [6, 6.07) is 2.19. The van der Waals surface area contributed by atoms with Crippen molar-refractivity contribution in [2.24, 2.45) is 16.7 Å². The predicted octanol–water partition coefficient (Wildman–Crippen LogP) is 4.05. The zero-order chi connectivity index (χ0) is 15.3. The van der Waals surface area contributed by atoms with Gasteiger partial charge in [0.1, 0.15) is 0 Å². The van der Waals surface area contributed by atoms with Crippen LogP contribution in [0.25, 0.3) is 0 Å². The third-order valence-corrected chi connectivity index (χ3v) is 7.17. The van der Waals surface area contributed by atoms with Gasteiger partial charge >= 0.3 is 0 Å². The largest absolute Gasteiger partial charge is 0.310 e. The Kier molecular flexibility index (Phi) is 4.16. The molecule has 0 radical (unpaired) electrons. The molecule has 21 heavy (non-hydrogen) atoms. The zero-order valence-corrected chi connectivity index (χ0v) is 14.9. The van der Waals surface area contributed by atoms with Crippen molar-refractivity contribution in [2.75, 3.05) is 13.1 Å². The highest BCUT2D eigenvalue weighted by Gasteiger charge is 2.59. The predicted molar refractivity (Wildman–Crippen MR) is 90.5 cm³/mol. The van der Waals surface area contributed by atoms with E-state index >= 15 is 0 Å². The van der Waals surface area contributed by atoms with Crippen molar-refractivity contribution < 1.29 is 0 Å². The average Bonchev–Trinajstić information content (AvgIpc) is 2.76. The molecule has 0 amide bonds. The lowest BCUT2D eigenvalue weighted by molar-refractivity contribution is 0.0957. The van der Waals surface area contributed by atoms with Gasteiger partial charge in [0, 0.05) is 18.1 Å². The van der Waals surface area contributed by atoms with Crippen LogP contribution in [-0.4, -0.2) is 36.1 Å². The summed E-state index contributed by atoms with van der Waals surface area (Å²) in [6.45, 7) is 14.9. The molecule has 3 fully saturated rings. The first kappa shape index (κ1) is 15.8. The molecule has 3 aliphatic rings. The van der Waals surface area contributed by atoms with Crippen LogP contribution in [-0.2, 0) is 0 Å². The molecule has 2 aliphatic carbocycles. The van der Waals surface area contributed by atoms with E-state index in [1.54, 1.807) is 0 Å². The molecular weight excluding hydrogens is 256 g/mol. The van der Waals surface area contributed by atoms with Crippen LogP contribution in [0.1, 0.15) is 73.1 Å². The lowest BCUT2D eigenvalue weighted by Crippen LogP contribution is -2.53. The van der Waals surface area contributed by atoms with Crippen molar-refractivity contribution in [2.45, 2.75) is 91.3 Å². The second kappa shape index (κ2) is 5.53. The summed E-state index contributed by atoms with van der Waals surface area (Å²) in [5, 5.41) is 4.15. The number of fused-ring (bicyclic) bond motifs is 2. The smallest absolute Gasteiger partial charge is 0.0177 e. The van der Waals surface area contributed by atoms with Crippen LogP contribution in [0.5, 0.6) is 0 Å². The third-order valence-electron chi connectivity index (χ3n) is 7.17. The molecular formula is C19H36N2. The number of nitrogens with zero attached hydrogens (tertiary/aromatic N) is 1. The topological polar surface area (TPSA) is 15.3 Å². The van der Waals surface area contributed by atoms with Gasteiger partial charge in [-0.15, -0.1) is 0 Å². The van der Waals surface area contributed by atoms with E-state index in [1.165, 1.54) is 51.6 Å². The van der Waals surface area contributed by atoms with Crippen molar-refractivity contribution in [1.82, 2.24) is 10.2 Å². The average molecular weight is 293 g/mol. The van der Waals surface area contributed by atoms with E-state index < -0.39 is 0 Å². The first-order chi connectivity index (χ1) is 9.83. The van der Waals surface area contributed by atoms with Crippen LogP contribution in [0.15, 0.2) is 0 Å². The highest BCUT2D eigenvalue weighted by molar-refractivity contribution is 5.12. The van der Waals surface area contributed by atoms with Crippen molar-refractivity contribution in [3.8, 4) is 0 Å². The molecule has 2 saturated carbocycles. The van der Waals surface area contributed by atoms with Crippen LogP contribution in [0.2, 0.25) is 0 Å². The second-order valence-electron chi connectivity index (χ2n) is 9.27. The van der Waals surface area contributed by atoms with E-state index in [2.05, 4.69) is 44.8 Å². The minimum atomic E-state index is 0.497. The fraction of sp³-hybridized carbons (Fsp3) is 1.00. The lowest BCUT2D eigenvalue weighted by atomic mass is 9.68. The van der Waals surface area contributed by atoms with Crippen LogP contribution in [0.4, 0.5) is 0 Å². The maximum absolute atomic E-state index is 4.15. The minimum Gasteiger partial charge on any atom is -0.310 e. The molecule has 1 aliphatic heterocycles. The Hall–Kier alpha value is -0.0800. The first-order valence-electron chi connectivity index (χ1n) is 9.33. The van der Waals surface area contributed by atoms with Gasteiger partial charge in [-0.2, -0.15) is 0 Å². The van der Waals surface area contributed by atoms with Crippen molar-refractivity contribution in [1.29, 1.82) is 0 Å². The normalized spacial score (nSPS) is 43.4. The van der Waals surface area contributed by atoms with Gasteiger partial charge in [-0.1, -0.05) is 20.8 Å². The Morgan fingerprint density at radius 1 is 1.05 bits per heavy atom. The Balaban J connectivity index is 1.64. The minimum absolute atomic E-state index is 0.497. The number of hydrogen-bond acceptors (Lipinski definition) is 2. The summed E-state index contributed by atoms with van der Waals surface area (Å²) in [5.41, 5.74) is 1.06. The van der Waals surface area contributed by atoms with E-state index in [0.717, 1.165) is 18.0 Å². The first-order valence-corrected chi connectivity index (χ1v) is 9.33.